The van der Waals surface area contributed by atoms with Gasteiger partial charge in [-0.1, -0.05) is 60.7 Å². The van der Waals surface area contributed by atoms with E-state index in [9.17, 15) is 15.0 Å². The minimum atomic E-state index is -0.316. The van der Waals surface area contributed by atoms with Crippen LogP contribution >= 0.6 is 0 Å². The average Bonchev–Trinajstić information content (AvgIpc) is 2.95. The second kappa shape index (κ2) is 13.9. The van der Waals surface area contributed by atoms with Crippen molar-refractivity contribution in [1.82, 2.24) is 20.1 Å². The van der Waals surface area contributed by atoms with Crippen LogP contribution in [-0.2, 0) is 11.4 Å². The summed E-state index contributed by atoms with van der Waals surface area (Å²) in [6, 6.07) is 21.8. The number of aryl methyl sites for hydroxylation is 1. The molecule has 2 heterocycles. The number of piperazine rings is 1. The first kappa shape index (κ1) is 27.5. The standard InChI is InChI=1S/C31H38N4O3/c1-24-31(38)28(23-36)27(22-33-24)14-15-29(37)32-16-8-9-17-34-18-20-35(21-19-34)30(25-10-4-2-5-11-25)26-12-6-3-7-13-26/h2-7,10-15,22,30,36,38H,8-9,16-21,23H2,1H3,(H,32,37)/b15-14+. The molecule has 0 unspecified atom stereocenters. The highest BCUT2D eigenvalue weighted by molar-refractivity contribution is 5.91. The summed E-state index contributed by atoms with van der Waals surface area (Å²) >= 11 is 0. The largest absolute Gasteiger partial charge is 0.506 e. The Labute approximate surface area is 225 Å². The maximum Gasteiger partial charge on any atom is 0.244 e. The number of aliphatic hydroxyl groups is 1. The molecule has 7 heteroatoms. The SMILES string of the molecule is Cc1ncc(/C=C/C(=O)NCCCCN2CCN(C(c3ccccc3)c3ccccc3)CC2)c(CO)c1O. The molecular weight excluding hydrogens is 476 g/mol. The summed E-state index contributed by atoms with van der Waals surface area (Å²) in [5, 5.41) is 22.5. The molecule has 1 aromatic heterocycles. The number of unbranched alkanes of at least 4 members (excludes halogenated alkanes) is 1. The molecule has 200 valence electrons. The number of hydrogen-bond acceptors (Lipinski definition) is 6. The Morgan fingerprint density at radius 1 is 1.00 bits per heavy atom. The maximum absolute atomic E-state index is 12.2. The minimum Gasteiger partial charge on any atom is -0.506 e. The first-order valence-electron chi connectivity index (χ1n) is 13.4. The van der Waals surface area contributed by atoms with Gasteiger partial charge < -0.3 is 20.4 Å². The lowest BCUT2D eigenvalue weighted by Gasteiger charge is -2.39. The third-order valence-corrected chi connectivity index (χ3v) is 7.15. The lowest BCUT2D eigenvalue weighted by atomic mass is 9.96. The molecular formula is C31H38N4O3. The average molecular weight is 515 g/mol. The number of carbonyl (C=O) groups excluding carboxylic acids is 1. The molecule has 1 saturated heterocycles. The van der Waals surface area contributed by atoms with E-state index in [4.69, 9.17) is 0 Å². The van der Waals surface area contributed by atoms with Crippen LogP contribution in [0.15, 0.2) is 72.9 Å². The molecule has 0 spiro atoms. The van der Waals surface area contributed by atoms with Crippen molar-refractivity contribution in [1.29, 1.82) is 0 Å². The topological polar surface area (TPSA) is 88.9 Å². The van der Waals surface area contributed by atoms with Crippen LogP contribution in [-0.4, -0.2) is 70.2 Å². The first-order chi connectivity index (χ1) is 18.6. The molecule has 3 aromatic rings. The van der Waals surface area contributed by atoms with Gasteiger partial charge in [0, 0.05) is 56.1 Å². The van der Waals surface area contributed by atoms with Gasteiger partial charge in [0.25, 0.3) is 0 Å². The number of nitrogens with zero attached hydrogens (tertiary/aromatic N) is 3. The van der Waals surface area contributed by atoms with Gasteiger partial charge in [0.1, 0.15) is 5.75 Å². The number of amides is 1. The molecule has 3 N–H and O–H groups in total. The highest BCUT2D eigenvalue weighted by atomic mass is 16.3. The van der Waals surface area contributed by atoms with E-state index in [1.807, 2.05) is 0 Å². The monoisotopic (exact) mass is 514 g/mol. The summed E-state index contributed by atoms with van der Waals surface area (Å²) in [5.74, 6) is -0.234. The minimum absolute atomic E-state index is 0.0356. The summed E-state index contributed by atoms with van der Waals surface area (Å²) in [6.45, 7) is 7.10. The van der Waals surface area contributed by atoms with Crippen molar-refractivity contribution >= 4 is 12.0 Å². The van der Waals surface area contributed by atoms with Gasteiger partial charge in [0.05, 0.1) is 18.3 Å². The molecule has 0 bridgehead atoms. The van der Waals surface area contributed by atoms with Gasteiger partial charge in [-0.05, 0) is 43.5 Å². The predicted molar refractivity (Wildman–Crippen MR) is 151 cm³/mol. The molecule has 1 amide bonds. The normalized spacial score (nSPS) is 14.8. The number of benzene rings is 2. The van der Waals surface area contributed by atoms with E-state index in [1.54, 1.807) is 19.2 Å². The summed E-state index contributed by atoms with van der Waals surface area (Å²) in [6.07, 6.45) is 6.47. The Morgan fingerprint density at radius 2 is 1.63 bits per heavy atom. The van der Waals surface area contributed by atoms with Crippen molar-refractivity contribution in [3.8, 4) is 5.75 Å². The number of carbonyl (C=O) groups is 1. The molecule has 0 aliphatic carbocycles. The third kappa shape index (κ3) is 7.28. The zero-order valence-corrected chi connectivity index (χ0v) is 22.1. The molecule has 1 aliphatic rings. The molecule has 4 rings (SSSR count). The lowest BCUT2D eigenvalue weighted by Crippen LogP contribution is -2.48. The number of pyridine rings is 1. The van der Waals surface area contributed by atoms with E-state index in [0.29, 0.717) is 23.4 Å². The van der Waals surface area contributed by atoms with Gasteiger partial charge in [-0.3, -0.25) is 14.7 Å². The molecule has 0 saturated carbocycles. The van der Waals surface area contributed by atoms with Crippen molar-refractivity contribution in [2.45, 2.75) is 32.4 Å². The van der Waals surface area contributed by atoms with Crippen LogP contribution in [0.5, 0.6) is 5.75 Å². The second-order valence-corrected chi connectivity index (χ2v) is 9.72. The highest BCUT2D eigenvalue weighted by Gasteiger charge is 2.26. The van der Waals surface area contributed by atoms with Crippen LogP contribution in [0.4, 0.5) is 0 Å². The van der Waals surface area contributed by atoms with Gasteiger partial charge in [-0.15, -0.1) is 0 Å². The number of aromatic hydroxyl groups is 1. The van der Waals surface area contributed by atoms with Crippen LogP contribution in [0.25, 0.3) is 6.08 Å². The summed E-state index contributed by atoms with van der Waals surface area (Å²) in [7, 11) is 0. The summed E-state index contributed by atoms with van der Waals surface area (Å²) < 4.78 is 0. The van der Waals surface area contributed by atoms with Gasteiger partial charge in [0.2, 0.25) is 5.91 Å². The fraction of sp³-hybridized carbons (Fsp3) is 0.355. The Hall–Kier alpha value is -3.52. The Bertz CT molecular complexity index is 1150. The molecule has 0 radical (unpaired) electrons. The fourth-order valence-electron chi connectivity index (χ4n) is 5.00. The number of aromatic nitrogens is 1. The number of nitrogens with one attached hydrogen (secondary N) is 1. The van der Waals surface area contributed by atoms with E-state index in [0.717, 1.165) is 45.6 Å². The highest BCUT2D eigenvalue weighted by Crippen LogP contribution is 2.29. The van der Waals surface area contributed by atoms with Crippen molar-refractivity contribution in [3.05, 3.63) is 101 Å². The van der Waals surface area contributed by atoms with Crippen LogP contribution < -0.4 is 5.32 Å². The van der Waals surface area contributed by atoms with E-state index in [-0.39, 0.29) is 24.3 Å². The Balaban J connectivity index is 1.19. The quantitative estimate of drug-likeness (QED) is 0.266. The van der Waals surface area contributed by atoms with Crippen LogP contribution in [0, 0.1) is 6.92 Å². The first-order valence-corrected chi connectivity index (χ1v) is 13.4. The van der Waals surface area contributed by atoms with Crippen molar-refractivity contribution < 1.29 is 15.0 Å². The molecule has 0 atom stereocenters. The number of hydrogen-bond donors (Lipinski definition) is 3. The maximum atomic E-state index is 12.2. The van der Waals surface area contributed by atoms with Crippen molar-refractivity contribution in [2.75, 3.05) is 39.3 Å². The smallest absolute Gasteiger partial charge is 0.244 e. The van der Waals surface area contributed by atoms with Gasteiger partial charge in [0.15, 0.2) is 0 Å². The third-order valence-electron chi connectivity index (χ3n) is 7.15. The molecule has 1 fully saturated rings. The molecule has 38 heavy (non-hydrogen) atoms. The Kier molecular flexibility index (Phi) is 10.0. The predicted octanol–water partition coefficient (Wildman–Crippen LogP) is 3.90. The van der Waals surface area contributed by atoms with E-state index < -0.39 is 0 Å². The number of rotatable bonds is 11. The van der Waals surface area contributed by atoms with Crippen LogP contribution in [0.2, 0.25) is 0 Å². The van der Waals surface area contributed by atoms with Crippen LogP contribution in [0.3, 0.4) is 0 Å². The molecule has 2 aromatic carbocycles. The number of aliphatic hydroxyl groups excluding tert-OH is 1. The van der Waals surface area contributed by atoms with E-state index in [2.05, 4.69) is 80.8 Å². The molecule has 7 nitrogen and oxygen atoms in total. The van der Waals surface area contributed by atoms with Crippen molar-refractivity contribution in [3.63, 3.8) is 0 Å². The lowest BCUT2D eigenvalue weighted by molar-refractivity contribution is -0.116. The van der Waals surface area contributed by atoms with Gasteiger partial charge >= 0.3 is 0 Å². The van der Waals surface area contributed by atoms with Crippen molar-refractivity contribution in [2.24, 2.45) is 0 Å². The van der Waals surface area contributed by atoms with Crippen LogP contribution in [0.1, 0.15) is 46.8 Å². The summed E-state index contributed by atoms with van der Waals surface area (Å²) in [4.78, 5) is 21.4. The zero-order valence-electron chi connectivity index (χ0n) is 22.1. The summed E-state index contributed by atoms with van der Waals surface area (Å²) in [5.41, 5.74) is 4.02. The van der Waals surface area contributed by atoms with E-state index in [1.165, 1.54) is 17.2 Å². The second-order valence-electron chi connectivity index (χ2n) is 9.72. The molecule has 1 aliphatic heterocycles. The van der Waals surface area contributed by atoms with Gasteiger partial charge in [-0.25, -0.2) is 0 Å². The fourth-order valence-corrected chi connectivity index (χ4v) is 5.00. The Morgan fingerprint density at radius 3 is 2.24 bits per heavy atom. The van der Waals surface area contributed by atoms with E-state index >= 15 is 0 Å². The van der Waals surface area contributed by atoms with Gasteiger partial charge in [-0.2, -0.15) is 0 Å². The zero-order chi connectivity index (χ0) is 26.7.